The predicted octanol–water partition coefficient (Wildman–Crippen LogP) is 12.6. The number of H-pyrrole nitrogens is 2. The van der Waals surface area contributed by atoms with Crippen LogP contribution in [-0.4, -0.2) is 19.9 Å². The molecule has 3 aromatic heterocycles. The molecule has 0 atom stereocenters. The summed E-state index contributed by atoms with van der Waals surface area (Å²) >= 11 is 0. The molecule has 2 N–H and O–H groups in total. The largest absolute Gasteiger partial charge is 0.354 e. The Morgan fingerprint density at radius 3 is 1.14 bits per heavy atom. The van der Waals surface area contributed by atoms with E-state index in [4.69, 9.17) is 9.97 Å². The van der Waals surface area contributed by atoms with Crippen molar-refractivity contribution in [2.24, 2.45) is 0 Å². The van der Waals surface area contributed by atoms with Crippen molar-refractivity contribution >= 4 is 46.4 Å². The summed E-state index contributed by atoms with van der Waals surface area (Å²) in [6, 6.07) is 37.8. The highest BCUT2D eigenvalue weighted by atomic mass is 14.8. The quantitative estimate of drug-likeness (QED) is 0.173. The highest BCUT2D eigenvalue weighted by Crippen LogP contribution is 2.38. The lowest BCUT2D eigenvalue weighted by Crippen LogP contribution is -1.96. The molecular weight excluding hydrogens is 705 g/mol. The summed E-state index contributed by atoms with van der Waals surface area (Å²) in [5, 5.41) is 0. The minimum absolute atomic E-state index is 0.790. The van der Waals surface area contributed by atoms with Gasteiger partial charge in [0.15, 0.2) is 0 Å². The van der Waals surface area contributed by atoms with E-state index in [9.17, 15) is 0 Å². The molecule has 0 amide bonds. The number of hydrogen-bond acceptors (Lipinski definition) is 2. The molecule has 0 saturated carbocycles. The number of hydrogen-bond donors (Lipinski definition) is 2. The van der Waals surface area contributed by atoms with Crippen LogP contribution in [0, 0.1) is 65.2 Å². The standard InChI is InChI=1S/C54H42N4/c1-33-29-35(3)51(36(4)30-33)53-47-25-21-43(55-47)41(19-17-39-13-9-7-10-14-39)45-23-27-49(57-45)54(52-37(5)31-34(2)32-38(52)6)50-28-24-46(58-50)42(44-22-26-48(53)56-44)20-18-40-15-11-8-12-16-40/h7-16,21-32,55-56H,1-6H3. The smallest absolute Gasteiger partial charge is 0.0815 e. The van der Waals surface area contributed by atoms with Crippen molar-refractivity contribution in [2.45, 2.75) is 41.5 Å². The van der Waals surface area contributed by atoms with Gasteiger partial charge in [0.1, 0.15) is 0 Å². The van der Waals surface area contributed by atoms with Gasteiger partial charge in [0.2, 0.25) is 0 Å². The monoisotopic (exact) mass is 746 g/mol. The zero-order valence-corrected chi connectivity index (χ0v) is 33.6. The van der Waals surface area contributed by atoms with Crippen molar-refractivity contribution in [3.05, 3.63) is 188 Å². The van der Waals surface area contributed by atoms with Crippen molar-refractivity contribution < 1.29 is 0 Å². The molecule has 9 rings (SSSR count). The molecule has 0 radical (unpaired) electrons. The fourth-order valence-electron chi connectivity index (χ4n) is 8.46. The van der Waals surface area contributed by atoms with Gasteiger partial charge in [-0.15, -0.1) is 0 Å². The fraction of sp³-hybridized carbons (Fsp3) is 0.111. The van der Waals surface area contributed by atoms with E-state index in [-0.39, 0.29) is 0 Å². The number of fused-ring (bicyclic) bond motifs is 8. The van der Waals surface area contributed by atoms with Gasteiger partial charge in [-0.25, -0.2) is 9.97 Å². The SMILES string of the molecule is Cc1cc(C)c(-c2c3nc(c(C#Cc4ccccc4)c4ccc([nH]4)c(-c4c(C)cc(C)cc4C)c4ccc([nH]4)c(C#Cc4ccccc4)c4nc2C=C4)C=C3)c(C)c1. The van der Waals surface area contributed by atoms with E-state index in [2.05, 4.69) is 148 Å². The molecule has 4 heteroatoms. The Kier molecular flexibility index (Phi) is 9.33. The number of aryl methyl sites for hydroxylation is 6. The van der Waals surface area contributed by atoms with Crippen LogP contribution in [0.2, 0.25) is 0 Å². The number of aromatic nitrogens is 4. The Labute approximate surface area is 340 Å². The van der Waals surface area contributed by atoms with Crippen molar-refractivity contribution in [2.75, 3.05) is 0 Å². The van der Waals surface area contributed by atoms with E-state index in [1.54, 1.807) is 0 Å². The first-order chi connectivity index (χ1) is 28.2. The number of aromatic amines is 2. The van der Waals surface area contributed by atoms with Crippen LogP contribution in [0.15, 0.2) is 109 Å². The maximum absolute atomic E-state index is 5.40. The summed E-state index contributed by atoms with van der Waals surface area (Å²) in [4.78, 5) is 18.5. The van der Waals surface area contributed by atoms with Crippen molar-refractivity contribution in [1.29, 1.82) is 0 Å². The second-order valence-corrected chi connectivity index (χ2v) is 15.3. The lowest BCUT2D eigenvalue weighted by Gasteiger charge is -2.13. The molecule has 4 aromatic carbocycles. The Morgan fingerprint density at radius 1 is 0.362 bits per heavy atom. The second-order valence-electron chi connectivity index (χ2n) is 15.3. The summed E-state index contributed by atoms with van der Waals surface area (Å²) < 4.78 is 0. The molecule has 0 saturated heterocycles. The van der Waals surface area contributed by atoms with Gasteiger partial charge in [-0.2, -0.15) is 0 Å². The van der Waals surface area contributed by atoms with Crippen molar-refractivity contribution in [3.8, 4) is 45.9 Å². The first kappa shape index (κ1) is 36.3. The van der Waals surface area contributed by atoms with Crippen LogP contribution >= 0.6 is 0 Å². The average Bonchev–Trinajstić information content (AvgIpc) is 4.05. The number of nitrogens with zero attached hydrogens (tertiary/aromatic N) is 2. The molecule has 0 unspecified atom stereocenters. The minimum Gasteiger partial charge on any atom is -0.354 e. The molecule has 7 aromatic rings. The lowest BCUT2D eigenvalue weighted by molar-refractivity contribution is 1.24. The summed E-state index contributed by atoms with van der Waals surface area (Å²) in [7, 11) is 0. The summed E-state index contributed by atoms with van der Waals surface area (Å²) in [5.41, 5.74) is 22.0. The summed E-state index contributed by atoms with van der Waals surface area (Å²) in [5.74, 6) is 14.0. The third-order valence-corrected chi connectivity index (χ3v) is 10.8. The van der Waals surface area contributed by atoms with Gasteiger partial charge in [-0.05, 0) is 148 Å². The predicted molar refractivity (Wildman–Crippen MR) is 243 cm³/mol. The van der Waals surface area contributed by atoms with E-state index in [1.807, 2.05) is 60.7 Å². The van der Waals surface area contributed by atoms with Gasteiger partial charge in [-0.3, -0.25) is 0 Å². The Hall–Kier alpha value is -7.40. The third kappa shape index (κ3) is 6.87. The lowest BCUT2D eigenvalue weighted by atomic mass is 9.92. The zero-order valence-electron chi connectivity index (χ0n) is 33.6. The number of rotatable bonds is 2. The molecule has 2 aliphatic rings. The molecule has 2 aliphatic heterocycles. The molecular formula is C54H42N4. The minimum atomic E-state index is 0.790. The van der Waals surface area contributed by atoms with Crippen LogP contribution in [0.25, 0.3) is 68.6 Å². The Morgan fingerprint density at radius 2 is 0.724 bits per heavy atom. The van der Waals surface area contributed by atoms with Crippen LogP contribution in [0.4, 0.5) is 0 Å². The van der Waals surface area contributed by atoms with Crippen LogP contribution in [-0.2, 0) is 0 Å². The van der Waals surface area contributed by atoms with Crippen molar-refractivity contribution in [3.63, 3.8) is 0 Å². The average molecular weight is 747 g/mol. The first-order valence-electron chi connectivity index (χ1n) is 19.7. The molecule has 0 fully saturated rings. The van der Waals surface area contributed by atoms with E-state index < -0.39 is 0 Å². The maximum atomic E-state index is 5.40. The van der Waals surface area contributed by atoms with Gasteiger partial charge in [0.25, 0.3) is 0 Å². The third-order valence-electron chi connectivity index (χ3n) is 10.8. The van der Waals surface area contributed by atoms with Crippen LogP contribution in [0.5, 0.6) is 0 Å². The summed E-state index contributed by atoms with van der Waals surface area (Å²) in [6.45, 7) is 13.0. The molecule has 8 bridgehead atoms. The van der Waals surface area contributed by atoms with Gasteiger partial charge in [0.05, 0.1) is 44.9 Å². The van der Waals surface area contributed by atoms with Crippen LogP contribution < -0.4 is 0 Å². The highest BCUT2D eigenvalue weighted by molar-refractivity contribution is 5.98. The molecule has 4 nitrogen and oxygen atoms in total. The zero-order chi connectivity index (χ0) is 39.9. The van der Waals surface area contributed by atoms with E-state index in [0.717, 1.165) is 83.8 Å². The maximum Gasteiger partial charge on any atom is 0.0815 e. The first-order valence-corrected chi connectivity index (χ1v) is 19.7. The molecule has 0 spiro atoms. The second kappa shape index (κ2) is 14.9. The van der Waals surface area contributed by atoms with E-state index in [1.165, 1.54) is 38.9 Å². The molecule has 58 heavy (non-hydrogen) atoms. The fourth-order valence-corrected chi connectivity index (χ4v) is 8.46. The van der Waals surface area contributed by atoms with Crippen LogP contribution in [0.3, 0.4) is 0 Å². The molecule has 5 heterocycles. The normalized spacial score (nSPS) is 11.6. The van der Waals surface area contributed by atoms with E-state index >= 15 is 0 Å². The van der Waals surface area contributed by atoms with E-state index in [0.29, 0.717) is 0 Å². The number of benzene rings is 4. The van der Waals surface area contributed by atoms with Crippen LogP contribution in [0.1, 0.15) is 78.4 Å². The van der Waals surface area contributed by atoms with Gasteiger partial charge < -0.3 is 9.97 Å². The Balaban J connectivity index is 1.46. The highest BCUT2D eigenvalue weighted by Gasteiger charge is 2.21. The van der Waals surface area contributed by atoms with Gasteiger partial charge in [-0.1, -0.05) is 95.5 Å². The van der Waals surface area contributed by atoms with Gasteiger partial charge >= 0.3 is 0 Å². The number of nitrogens with one attached hydrogen (secondary N) is 2. The summed E-state index contributed by atoms with van der Waals surface area (Å²) in [6.07, 6.45) is 8.39. The topological polar surface area (TPSA) is 57.4 Å². The van der Waals surface area contributed by atoms with Crippen molar-refractivity contribution in [1.82, 2.24) is 19.9 Å². The molecule has 278 valence electrons. The van der Waals surface area contributed by atoms with Gasteiger partial charge in [0, 0.05) is 33.3 Å². The Bertz CT molecular complexity index is 2960. The molecule has 0 aliphatic carbocycles.